The summed E-state index contributed by atoms with van der Waals surface area (Å²) < 4.78 is 0. The molecule has 1 heterocycles. The van der Waals surface area contributed by atoms with Crippen molar-refractivity contribution in [1.82, 2.24) is 15.0 Å². The summed E-state index contributed by atoms with van der Waals surface area (Å²) in [6.07, 6.45) is 0. The average molecular weight is 690 g/mol. The topological polar surface area (TPSA) is 38.7 Å². The van der Waals surface area contributed by atoms with Crippen LogP contribution in [-0.2, 0) is 0 Å². The maximum Gasteiger partial charge on any atom is 0.164 e. The van der Waals surface area contributed by atoms with Gasteiger partial charge in [0.2, 0.25) is 0 Å². The smallest absolute Gasteiger partial charge is 0.164 e. The number of aromatic nitrogens is 3. The van der Waals surface area contributed by atoms with Gasteiger partial charge in [0.05, 0.1) is 0 Å². The second kappa shape index (κ2) is 14.8. The predicted octanol–water partition coefficient (Wildman–Crippen LogP) is 13.2. The Kier molecular flexibility index (Phi) is 8.94. The maximum absolute atomic E-state index is 5.11. The summed E-state index contributed by atoms with van der Waals surface area (Å²) >= 11 is 0. The van der Waals surface area contributed by atoms with E-state index in [4.69, 9.17) is 15.0 Å². The lowest BCUT2D eigenvalue weighted by Gasteiger charge is -2.12. The van der Waals surface area contributed by atoms with Crippen molar-refractivity contribution in [1.29, 1.82) is 0 Å². The lowest BCUT2D eigenvalue weighted by atomic mass is 9.94. The summed E-state index contributed by atoms with van der Waals surface area (Å²) in [6, 6.07) is 74.1. The van der Waals surface area contributed by atoms with E-state index in [1.54, 1.807) is 0 Å². The summed E-state index contributed by atoms with van der Waals surface area (Å²) in [5.41, 5.74) is 14.4. The number of rotatable bonds is 8. The van der Waals surface area contributed by atoms with Gasteiger partial charge in [-0.15, -0.1) is 0 Å². The minimum absolute atomic E-state index is 0.626. The van der Waals surface area contributed by atoms with Crippen molar-refractivity contribution < 1.29 is 0 Å². The highest BCUT2D eigenvalue weighted by Crippen LogP contribution is 2.34. The minimum atomic E-state index is 0.626. The molecule has 3 nitrogen and oxygen atoms in total. The Hall–Kier alpha value is -7.23. The van der Waals surface area contributed by atoms with Gasteiger partial charge in [0, 0.05) is 16.7 Å². The van der Waals surface area contributed by atoms with Crippen LogP contribution in [0.2, 0.25) is 0 Å². The summed E-state index contributed by atoms with van der Waals surface area (Å²) in [5.74, 6) is 1.88. The van der Waals surface area contributed by atoms with Crippen molar-refractivity contribution in [2.75, 3.05) is 0 Å². The van der Waals surface area contributed by atoms with Crippen molar-refractivity contribution in [2.24, 2.45) is 0 Å². The van der Waals surface area contributed by atoms with Gasteiger partial charge in [0.25, 0.3) is 0 Å². The molecule has 3 heteroatoms. The van der Waals surface area contributed by atoms with Gasteiger partial charge in [-0.2, -0.15) is 0 Å². The van der Waals surface area contributed by atoms with E-state index in [1.807, 2.05) is 12.1 Å². The first-order chi connectivity index (χ1) is 26.7. The zero-order chi connectivity index (χ0) is 36.1. The average Bonchev–Trinajstić information content (AvgIpc) is 3.27. The zero-order valence-corrected chi connectivity index (χ0v) is 29.5. The molecular weight excluding hydrogens is 655 g/mol. The van der Waals surface area contributed by atoms with Gasteiger partial charge in [0.1, 0.15) is 0 Å². The number of benzene rings is 8. The fourth-order valence-corrected chi connectivity index (χ4v) is 6.96. The fraction of sp³-hybridized carbons (Fsp3) is 0. The SMILES string of the molecule is c1ccc(-c2ccc(-c3nc(-c4ccc(-c5ccccc5-c5ccccc5)cc4)nc(-c4cccc(-c5cccc(-c6ccccc6)c5)c4)n3)cc2)cc1. The second-order valence-corrected chi connectivity index (χ2v) is 13.3. The van der Waals surface area contributed by atoms with Crippen LogP contribution in [0.1, 0.15) is 0 Å². The highest BCUT2D eigenvalue weighted by molar-refractivity contribution is 5.84. The summed E-state index contributed by atoms with van der Waals surface area (Å²) in [4.78, 5) is 15.3. The van der Waals surface area contributed by atoms with Crippen LogP contribution in [0.5, 0.6) is 0 Å². The summed E-state index contributed by atoms with van der Waals surface area (Å²) in [6.45, 7) is 0. The Morgan fingerprint density at radius 1 is 0.185 bits per heavy atom. The number of hydrogen-bond donors (Lipinski definition) is 0. The molecule has 54 heavy (non-hydrogen) atoms. The zero-order valence-electron chi connectivity index (χ0n) is 29.5. The Bertz CT molecular complexity index is 2670. The highest BCUT2D eigenvalue weighted by Gasteiger charge is 2.15. The van der Waals surface area contributed by atoms with E-state index >= 15 is 0 Å². The molecule has 0 atom stereocenters. The Balaban J connectivity index is 1.12. The molecule has 0 unspecified atom stereocenters. The van der Waals surface area contributed by atoms with Crippen molar-refractivity contribution in [3.05, 3.63) is 212 Å². The van der Waals surface area contributed by atoms with Crippen LogP contribution in [0.15, 0.2) is 212 Å². The number of nitrogens with zero attached hydrogens (tertiary/aromatic N) is 3. The molecule has 0 spiro atoms. The molecule has 0 radical (unpaired) electrons. The van der Waals surface area contributed by atoms with Gasteiger partial charge in [-0.3, -0.25) is 0 Å². The molecular formula is C51H35N3. The molecule has 254 valence electrons. The van der Waals surface area contributed by atoms with Crippen LogP contribution in [-0.4, -0.2) is 15.0 Å². The highest BCUT2D eigenvalue weighted by atomic mass is 15.0. The summed E-state index contributed by atoms with van der Waals surface area (Å²) in [7, 11) is 0. The normalized spacial score (nSPS) is 11.0. The van der Waals surface area contributed by atoms with E-state index in [-0.39, 0.29) is 0 Å². The van der Waals surface area contributed by atoms with Crippen molar-refractivity contribution in [2.45, 2.75) is 0 Å². The molecule has 9 rings (SSSR count). The monoisotopic (exact) mass is 689 g/mol. The molecule has 0 aliphatic rings. The predicted molar refractivity (Wildman–Crippen MR) is 223 cm³/mol. The lowest BCUT2D eigenvalue weighted by molar-refractivity contribution is 1.07. The molecule has 0 amide bonds. The molecule has 0 saturated carbocycles. The first-order valence-electron chi connectivity index (χ1n) is 18.2. The van der Waals surface area contributed by atoms with Crippen LogP contribution in [0.3, 0.4) is 0 Å². The Morgan fingerprint density at radius 3 is 0.963 bits per heavy atom. The fourth-order valence-electron chi connectivity index (χ4n) is 6.96. The number of hydrogen-bond acceptors (Lipinski definition) is 3. The molecule has 0 saturated heterocycles. The van der Waals surface area contributed by atoms with E-state index in [9.17, 15) is 0 Å². The van der Waals surface area contributed by atoms with Crippen molar-refractivity contribution in [3.63, 3.8) is 0 Å². The Labute approximate surface area is 316 Å². The lowest BCUT2D eigenvalue weighted by Crippen LogP contribution is -2.00. The largest absolute Gasteiger partial charge is 0.208 e. The standard InChI is InChI=1S/C51H35N3/c1-4-14-36(15-5-1)38-26-30-41(31-27-38)49-52-50(42-32-28-40(29-33-42)48-25-11-10-24-47(48)39-18-8-3-9-19-39)54-51(53-49)46-23-13-22-45(35-46)44-21-12-20-43(34-44)37-16-6-2-7-17-37/h1-35H. The van der Waals surface area contributed by atoms with Gasteiger partial charge in [-0.05, 0) is 67.8 Å². The van der Waals surface area contributed by atoms with Gasteiger partial charge in [-0.1, -0.05) is 200 Å². The third-order valence-electron chi connectivity index (χ3n) is 9.78. The molecule has 9 aromatic rings. The van der Waals surface area contributed by atoms with Crippen LogP contribution in [0.4, 0.5) is 0 Å². The van der Waals surface area contributed by atoms with Gasteiger partial charge in [0.15, 0.2) is 17.5 Å². The van der Waals surface area contributed by atoms with Gasteiger partial charge in [-0.25, -0.2) is 15.0 Å². The Morgan fingerprint density at radius 2 is 0.463 bits per heavy atom. The molecule has 0 aliphatic heterocycles. The van der Waals surface area contributed by atoms with E-state index in [1.165, 1.54) is 33.4 Å². The van der Waals surface area contributed by atoms with E-state index < -0.39 is 0 Å². The summed E-state index contributed by atoms with van der Waals surface area (Å²) in [5, 5.41) is 0. The van der Waals surface area contributed by atoms with Crippen LogP contribution in [0, 0.1) is 0 Å². The third-order valence-corrected chi connectivity index (χ3v) is 9.78. The van der Waals surface area contributed by atoms with Crippen LogP contribution < -0.4 is 0 Å². The van der Waals surface area contributed by atoms with E-state index in [2.05, 4.69) is 200 Å². The minimum Gasteiger partial charge on any atom is -0.208 e. The van der Waals surface area contributed by atoms with E-state index in [0.717, 1.165) is 38.9 Å². The van der Waals surface area contributed by atoms with Crippen molar-refractivity contribution >= 4 is 0 Å². The first-order valence-corrected chi connectivity index (χ1v) is 18.2. The molecule has 8 aromatic carbocycles. The second-order valence-electron chi connectivity index (χ2n) is 13.3. The third kappa shape index (κ3) is 6.87. The maximum atomic E-state index is 5.11. The van der Waals surface area contributed by atoms with Crippen LogP contribution >= 0.6 is 0 Å². The van der Waals surface area contributed by atoms with Crippen molar-refractivity contribution in [3.8, 4) is 89.8 Å². The van der Waals surface area contributed by atoms with Gasteiger partial charge < -0.3 is 0 Å². The molecule has 0 fully saturated rings. The van der Waals surface area contributed by atoms with E-state index in [0.29, 0.717) is 17.5 Å². The van der Waals surface area contributed by atoms with Gasteiger partial charge >= 0.3 is 0 Å². The van der Waals surface area contributed by atoms with Crippen LogP contribution in [0.25, 0.3) is 89.8 Å². The first kappa shape index (κ1) is 32.7. The quantitative estimate of drug-likeness (QED) is 0.159. The molecule has 0 N–H and O–H groups in total. The molecule has 1 aromatic heterocycles. The molecule has 0 bridgehead atoms. The molecule has 0 aliphatic carbocycles.